The lowest BCUT2D eigenvalue weighted by atomic mass is 9.98. The van der Waals surface area contributed by atoms with E-state index in [-0.39, 0.29) is 5.91 Å². The third kappa shape index (κ3) is 2.24. The van der Waals surface area contributed by atoms with Gasteiger partial charge in [-0.15, -0.1) is 0 Å². The molecule has 1 fully saturated rings. The number of hydrogen-bond acceptors (Lipinski definition) is 3. The maximum Gasteiger partial charge on any atom is 0.274 e. The Labute approximate surface area is 95.2 Å². The Bertz CT molecular complexity index is 374. The van der Waals surface area contributed by atoms with E-state index in [1.54, 1.807) is 16.9 Å². The summed E-state index contributed by atoms with van der Waals surface area (Å²) >= 11 is 0. The number of carbonyl (C=O) groups is 1. The first-order valence-electron chi connectivity index (χ1n) is 5.69. The van der Waals surface area contributed by atoms with Crippen LogP contribution in [-0.2, 0) is 7.05 Å². The molecule has 2 rings (SSSR count). The van der Waals surface area contributed by atoms with Crippen LogP contribution >= 0.6 is 0 Å². The Balaban J connectivity index is 2.04. The van der Waals surface area contributed by atoms with Gasteiger partial charge in [-0.25, -0.2) is 0 Å². The summed E-state index contributed by atoms with van der Waals surface area (Å²) in [6.45, 7) is 2.25. The first kappa shape index (κ1) is 11.1. The Kier molecular flexibility index (Phi) is 3.24. The fourth-order valence-corrected chi connectivity index (χ4v) is 2.13. The van der Waals surface area contributed by atoms with Gasteiger partial charge in [-0.2, -0.15) is 5.10 Å². The van der Waals surface area contributed by atoms with E-state index < -0.39 is 0 Å². The van der Waals surface area contributed by atoms with E-state index in [1.807, 2.05) is 11.9 Å². The summed E-state index contributed by atoms with van der Waals surface area (Å²) in [4.78, 5) is 13.9. The van der Waals surface area contributed by atoms with Gasteiger partial charge in [-0.05, 0) is 31.4 Å². The molecule has 0 radical (unpaired) electrons. The largest absolute Gasteiger partial charge is 0.337 e. The van der Waals surface area contributed by atoms with Crippen LogP contribution in [0.3, 0.4) is 0 Å². The van der Waals surface area contributed by atoms with E-state index in [4.69, 9.17) is 5.73 Å². The van der Waals surface area contributed by atoms with Crippen molar-refractivity contribution in [1.82, 2.24) is 14.7 Å². The highest BCUT2D eigenvalue weighted by atomic mass is 16.2. The fourth-order valence-electron chi connectivity index (χ4n) is 2.13. The molecular weight excluding hydrogens is 204 g/mol. The lowest BCUT2D eigenvalue weighted by molar-refractivity contribution is 0.0671. The molecule has 0 aliphatic carbocycles. The van der Waals surface area contributed by atoms with Gasteiger partial charge < -0.3 is 10.6 Å². The fraction of sp³-hybridized carbons (Fsp3) is 0.636. The van der Waals surface area contributed by atoms with E-state index >= 15 is 0 Å². The van der Waals surface area contributed by atoms with Gasteiger partial charge in [0.25, 0.3) is 5.91 Å². The Morgan fingerprint density at radius 2 is 2.50 bits per heavy atom. The van der Waals surface area contributed by atoms with Crippen LogP contribution in [-0.4, -0.2) is 40.2 Å². The topological polar surface area (TPSA) is 64.2 Å². The molecule has 0 spiro atoms. The second kappa shape index (κ2) is 4.65. The molecule has 1 aromatic rings. The summed E-state index contributed by atoms with van der Waals surface area (Å²) in [6.07, 6.45) is 3.96. The Morgan fingerprint density at radius 3 is 3.12 bits per heavy atom. The second-order valence-corrected chi connectivity index (χ2v) is 4.37. The predicted octanol–water partition coefficient (Wildman–Crippen LogP) is 0.231. The number of piperidine rings is 1. The van der Waals surface area contributed by atoms with Gasteiger partial charge in [-0.1, -0.05) is 0 Å². The molecular formula is C11H18N4O. The van der Waals surface area contributed by atoms with Crippen molar-refractivity contribution in [3.63, 3.8) is 0 Å². The summed E-state index contributed by atoms with van der Waals surface area (Å²) in [5.74, 6) is 0.472. The van der Waals surface area contributed by atoms with Crippen molar-refractivity contribution < 1.29 is 4.79 Å². The number of amides is 1. The number of rotatable bonds is 2. The minimum absolute atomic E-state index is 0.0266. The van der Waals surface area contributed by atoms with E-state index in [2.05, 4.69) is 5.10 Å². The Hall–Kier alpha value is -1.36. The number of aromatic nitrogens is 2. The van der Waals surface area contributed by atoms with Crippen LogP contribution in [0.5, 0.6) is 0 Å². The number of hydrogen-bond donors (Lipinski definition) is 1. The summed E-state index contributed by atoms with van der Waals surface area (Å²) in [6, 6.07) is 1.76. The summed E-state index contributed by atoms with van der Waals surface area (Å²) in [5, 5.41) is 4.13. The molecule has 1 amide bonds. The van der Waals surface area contributed by atoms with Crippen molar-refractivity contribution in [1.29, 1.82) is 0 Å². The smallest absolute Gasteiger partial charge is 0.274 e. The highest BCUT2D eigenvalue weighted by Gasteiger charge is 2.24. The van der Waals surface area contributed by atoms with Crippen LogP contribution in [0.1, 0.15) is 23.3 Å². The van der Waals surface area contributed by atoms with Crippen LogP contribution in [0.25, 0.3) is 0 Å². The second-order valence-electron chi connectivity index (χ2n) is 4.37. The predicted molar refractivity (Wildman–Crippen MR) is 60.9 cm³/mol. The monoisotopic (exact) mass is 222 g/mol. The molecule has 1 aliphatic rings. The van der Waals surface area contributed by atoms with E-state index in [0.717, 1.165) is 25.9 Å². The molecule has 1 aromatic heterocycles. The quantitative estimate of drug-likeness (QED) is 0.779. The maximum absolute atomic E-state index is 12.1. The highest BCUT2D eigenvalue weighted by molar-refractivity contribution is 5.92. The van der Waals surface area contributed by atoms with Gasteiger partial charge in [0.2, 0.25) is 0 Å². The molecule has 88 valence electrons. The zero-order chi connectivity index (χ0) is 11.5. The number of carbonyl (C=O) groups excluding carboxylic acids is 1. The van der Waals surface area contributed by atoms with Crippen molar-refractivity contribution in [3.05, 3.63) is 18.0 Å². The molecule has 1 unspecified atom stereocenters. The summed E-state index contributed by atoms with van der Waals surface area (Å²) in [7, 11) is 1.82. The number of aryl methyl sites for hydroxylation is 1. The molecule has 1 saturated heterocycles. The normalized spacial score (nSPS) is 21.1. The highest BCUT2D eigenvalue weighted by Crippen LogP contribution is 2.16. The van der Waals surface area contributed by atoms with Crippen molar-refractivity contribution in [2.24, 2.45) is 18.7 Å². The minimum atomic E-state index is 0.0266. The first-order chi connectivity index (χ1) is 7.70. The van der Waals surface area contributed by atoms with E-state index in [1.165, 1.54) is 0 Å². The molecule has 1 atom stereocenters. The van der Waals surface area contributed by atoms with Crippen LogP contribution in [0.2, 0.25) is 0 Å². The van der Waals surface area contributed by atoms with Crippen LogP contribution < -0.4 is 5.73 Å². The van der Waals surface area contributed by atoms with Crippen molar-refractivity contribution in [2.75, 3.05) is 19.6 Å². The first-order valence-corrected chi connectivity index (χ1v) is 5.69. The van der Waals surface area contributed by atoms with Gasteiger partial charge in [0.1, 0.15) is 5.69 Å². The lowest BCUT2D eigenvalue weighted by Gasteiger charge is -2.31. The number of nitrogens with two attached hydrogens (primary N) is 1. The molecule has 5 heteroatoms. The maximum atomic E-state index is 12.1. The molecule has 2 heterocycles. The molecule has 1 aliphatic heterocycles. The van der Waals surface area contributed by atoms with Gasteiger partial charge >= 0.3 is 0 Å². The average Bonchev–Trinajstić information content (AvgIpc) is 2.75. The Morgan fingerprint density at radius 1 is 1.69 bits per heavy atom. The molecule has 2 N–H and O–H groups in total. The zero-order valence-electron chi connectivity index (χ0n) is 9.59. The summed E-state index contributed by atoms with van der Waals surface area (Å²) < 4.78 is 1.65. The summed E-state index contributed by atoms with van der Waals surface area (Å²) in [5.41, 5.74) is 6.18. The average molecular weight is 222 g/mol. The third-order valence-corrected chi connectivity index (χ3v) is 3.07. The van der Waals surface area contributed by atoms with E-state index in [0.29, 0.717) is 18.2 Å². The van der Waals surface area contributed by atoms with Crippen molar-refractivity contribution in [3.8, 4) is 0 Å². The van der Waals surface area contributed by atoms with Crippen molar-refractivity contribution in [2.45, 2.75) is 12.8 Å². The standard InChI is InChI=1S/C11H18N4O/c1-14-6-4-10(13-14)11(16)15-5-2-3-9(7-12)8-15/h4,6,9H,2-3,5,7-8,12H2,1H3. The lowest BCUT2D eigenvalue weighted by Crippen LogP contribution is -2.42. The van der Waals surface area contributed by atoms with Crippen LogP contribution in [0.15, 0.2) is 12.3 Å². The third-order valence-electron chi connectivity index (χ3n) is 3.07. The van der Waals surface area contributed by atoms with Crippen LogP contribution in [0.4, 0.5) is 0 Å². The number of nitrogens with zero attached hydrogens (tertiary/aromatic N) is 3. The zero-order valence-corrected chi connectivity index (χ0v) is 9.59. The number of likely N-dealkylation sites (tertiary alicyclic amines) is 1. The van der Waals surface area contributed by atoms with Crippen LogP contribution in [0, 0.1) is 5.92 Å². The molecule has 0 bridgehead atoms. The molecule has 0 aromatic carbocycles. The molecule has 16 heavy (non-hydrogen) atoms. The van der Waals surface area contributed by atoms with Gasteiger partial charge in [0.05, 0.1) is 0 Å². The van der Waals surface area contributed by atoms with E-state index in [9.17, 15) is 4.79 Å². The van der Waals surface area contributed by atoms with Crippen molar-refractivity contribution >= 4 is 5.91 Å². The molecule has 5 nitrogen and oxygen atoms in total. The SMILES string of the molecule is Cn1ccc(C(=O)N2CCCC(CN)C2)n1. The van der Waals surface area contributed by atoms with Gasteiger partial charge in [-0.3, -0.25) is 9.48 Å². The minimum Gasteiger partial charge on any atom is -0.337 e. The van der Waals surface area contributed by atoms with Gasteiger partial charge in [0.15, 0.2) is 0 Å². The molecule has 0 saturated carbocycles. The van der Waals surface area contributed by atoms with Gasteiger partial charge in [0, 0.05) is 26.3 Å².